The van der Waals surface area contributed by atoms with E-state index in [-0.39, 0.29) is 31.3 Å². The van der Waals surface area contributed by atoms with Crippen molar-refractivity contribution in [3.05, 3.63) is 29.6 Å². The zero-order chi connectivity index (χ0) is 24.5. The molecule has 178 valence electrons. The van der Waals surface area contributed by atoms with Crippen LogP contribution >= 0.6 is 0 Å². The first kappa shape index (κ1) is 26.8. The number of carbonyl (C=O) groups is 4. The molecule has 2 rings (SSSR count). The molecule has 0 saturated carbocycles. The summed E-state index contributed by atoms with van der Waals surface area (Å²) < 4.78 is 37.3. The van der Waals surface area contributed by atoms with Crippen molar-refractivity contribution >= 4 is 23.8 Å². The third-order valence-electron chi connectivity index (χ3n) is 4.42. The third-order valence-corrected chi connectivity index (χ3v) is 4.42. The highest BCUT2D eigenvalue weighted by Crippen LogP contribution is 2.13. The van der Waals surface area contributed by atoms with Crippen LogP contribution in [-0.2, 0) is 30.3 Å². The van der Waals surface area contributed by atoms with Gasteiger partial charge in [0.25, 0.3) is 0 Å². The average Bonchev–Trinajstić information content (AvgIpc) is 2.68. The monoisotopic (exact) mass is 463 g/mol. The summed E-state index contributed by atoms with van der Waals surface area (Å²) in [4.78, 5) is 50.8. The number of aromatic nitrogens is 1. The van der Waals surface area contributed by atoms with Gasteiger partial charge in [-0.15, -0.1) is 0 Å². The van der Waals surface area contributed by atoms with Crippen molar-refractivity contribution in [2.45, 2.75) is 32.5 Å². The number of alkyl halides is 3. The van der Waals surface area contributed by atoms with Crippen molar-refractivity contribution in [1.29, 1.82) is 0 Å². The molecule has 1 aromatic heterocycles. The number of carboxylic acids is 2. The highest BCUT2D eigenvalue weighted by molar-refractivity contribution is 5.80. The Morgan fingerprint density at radius 2 is 1.91 bits per heavy atom. The summed E-state index contributed by atoms with van der Waals surface area (Å²) in [6, 6.07) is 1.86. The molecule has 1 saturated heterocycles. The fraction of sp³-hybridized carbons (Fsp3) is 0.526. The number of ether oxygens (including phenoxy) is 1. The molecular formula is C19H24F3N3O7. The lowest BCUT2D eigenvalue weighted by Crippen LogP contribution is -2.51. The van der Waals surface area contributed by atoms with Gasteiger partial charge in [-0.2, -0.15) is 13.2 Å². The van der Waals surface area contributed by atoms with Gasteiger partial charge >= 0.3 is 18.1 Å². The lowest BCUT2D eigenvalue weighted by atomic mass is 10.1. The van der Waals surface area contributed by atoms with Crippen LogP contribution in [0.25, 0.3) is 0 Å². The summed E-state index contributed by atoms with van der Waals surface area (Å²) in [5.41, 5.74) is 1.89. The van der Waals surface area contributed by atoms with Gasteiger partial charge in [0.05, 0.1) is 19.1 Å². The van der Waals surface area contributed by atoms with Crippen LogP contribution in [0.3, 0.4) is 0 Å². The number of nitrogens with zero attached hydrogens (tertiary/aromatic N) is 3. The van der Waals surface area contributed by atoms with E-state index in [1.165, 1.54) is 11.8 Å². The van der Waals surface area contributed by atoms with E-state index in [9.17, 15) is 27.6 Å². The number of carbonyl (C=O) groups excluding carboxylic acids is 2. The molecule has 1 unspecified atom stereocenters. The van der Waals surface area contributed by atoms with Gasteiger partial charge in [0.1, 0.15) is 6.54 Å². The lowest BCUT2D eigenvalue weighted by molar-refractivity contribution is -0.192. The molecule has 2 heterocycles. The van der Waals surface area contributed by atoms with E-state index in [4.69, 9.17) is 19.7 Å². The molecule has 0 bridgehead atoms. The van der Waals surface area contributed by atoms with E-state index in [0.29, 0.717) is 19.7 Å². The molecule has 0 radical (unpaired) electrons. The number of carboxylic acid groups (broad SMARTS) is 2. The van der Waals surface area contributed by atoms with E-state index in [1.54, 1.807) is 17.3 Å². The van der Waals surface area contributed by atoms with E-state index in [1.807, 2.05) is 13.0 Å². The molecule has 2 N–H and O–H groups in total. The number of halogens is 3. The fourth-order valence-electron chi connectivity index (χ4n) is 2.73. The number of aliphatic carboxylic acids is 2. The molecule has 0 aromatic carbocycles. The van der Waals surface area contributed by atoms with Crippen LogP contribution in [0.1, 0.15) is 18.1 Å². The molecule has 2 amide bonds. The van der Waals surface area contributed by atoms with Crippen LogP contribution in [0.5, 0.6) is 0 Å². The highest BCUT2D eigenvalue weighted by Gasteiger charge is 2.38. The zero-order valence-electron chi connectivity index (χ0n) is 17.5. The molecule has 1 aliphatic heterocycles. The Kier molecular flexibility index (Phi) is 10.0. The van der Waals surface area contributed by atoms with E-state index < -0.39 is 24.2 Å². The second-order valence-corrected chi connectivity index (χ2v) is 6.91. The van der Waals surface area contributed by atoms with Crippen molar-refractivity contribution in [2.75, 3.05) is 32.8 Å². The predicted molar refractivity (Wildman–Crippen MR) is 103 cm³/mol. The van der Waals surface area contributed by atoms with Gasteiger partial charge in [0.2, 0.25) is 11.8 Å². The molecular weight excluding hydrogens is 439 g/mol. The van der Waals surface area contributed by atoms with Crippen molar-refractivity contribution < 1.29 is 47.3 Å². The number of aryl methyl sites for hydroxylation is 1. The lowest BCUT2D eigenvalue weighted by Gasteiger charge is -2.35. The van der Waals surface area contributed by atoms with Gasteiger partial charge in [0.15, 0.2) is 0 Å². The van der Waals surface area contributed by atoms with Gasteiger partial charge in [-0.3, -0.25) is 19.4 Å². The summed E-state index contributed by atoms with van der Waals surface area (Å²) in [6.45, 7) is 4.20. The minimum Gasteiger partial charge on any atom is -0.480 e. The Balaban J connectivity index is 0.000000633. The second kappa shape index (κ2) is 12.0. The standard InChI is InChI=1S/C17H23N3O5.C2HF3O2/c1-12-3-4-18-8-14(12)7-16(22)19-5-6-25-15(9-19)10-20(13(2)21)11-17(23)24;3-2(4,5)1(6)7/h3-4,8,15H,5-7,9-11H2,1-2H3,(H,23,24);(H,6,7). The fourth-order valence-corrected chi connectivity index (χ4v) is 2.73. The van der Waals surface area contributed by atoms with Crippen molar-refractivity contribution in [2.24, 2.45) is 0 Å². The molecule has 1 fully saturated rings. The molecule has 13 heteroatoms. The topological polar surface area (TPSA) is 137 Å². The Morgan fingerprint density at radius 3 is 2.41 bits per heavy atom. The summed E-state index contributed by atoms with van der Waals surface area (Å²) in [5.74, 6) is -4.20. The quantitative estimate of drug-likeness (QED) is 0.630. The summed E-state index contributed by atoms with van der Waals surface area (Å²) in [5, 5.41) is 16.0. The van der Waals surface area contributed by atoms with Crippen LogP contribution < -0.4 is 0 Å². The minimum atomic E-state index is -5.08. The van der Waals surface area contributed by atoms with Crippen LogP contribution in [0.4, 0.5) is 13.2 Å². The zero-order valence-corrected chi connectivity index (χ0v) is 17.5. The molecule has 1 atom stereocenters. The van der Waals surface area contributed by atoms with E-state index in [2.05, 4.69) is 4.98 Å². The number of morpholine rings is 1. The van der Waals surface area contributed by atoms with Gasteiger partial charge < -0.3 is 24.7 Å². The van der Waals surface area contributed by atoms with Crippen LogP contribution in [0.15, 0.2) is 18.5 Å². The molecule has 1 aromatic rings. The number of hydrogen-bond acceptors (Lipinski definition) is 6. The van der Waals surface area contributed by atoms with Crippen molar-refractivity contribution in [1.82, 2.24) is 14.8 Å². The van der Waals surface area contributed by atoms with Crippen LogP contribution in [0, 0.1) is 6.92 Å². The Bertz CT molecular complexity index is 833. The molecule has 10 nitrogen and oxygen atoms in total. The van der Waals surface area contributed by atoms with Crippen LogP contribution in [-0.4, -0.2) is 93.8 Å². The molecule has 0 aliphatic carbocycles. The van der Waals surface area contributed by atoms with Crippen molar-refractivity contribution in [3.8, 4) is 0 Å². The highest BCUT2D eigenvalue weighted by atomic mass is 19.4. The maximum Gasteiger partial charge on any atom is 0.490 e. The summed E-state index contributed by atoms with van der Waals surface area (Å²) in [6.07, 6.45) is -1.84. The van der Waals surface area contributed by atoms with Crippen molar-refractivity contribution in [3.63, 3.8) is 0 Å². The minimum absolute atomic E-state index is 0.0305. The first-order valence-corrected chi connectivity index (χ1v) is 9.37. The number of pyridine rings is 1. The number of rotatable bonds is 6. The third kappa shape index (κ3) is 9.29. The predicted octanol–water partition coefficient (Wildman–Crippen LogP) is 0.726. The Morgan fingerprint density at radius 1 is 1.28 bits per heavy atom. The average molecular weight is 463 g/mol. The normalized spacial score (nSPS) is 15.9. The maximum atomic E-state index is 12.5. The summed E-state index contributed by atoms with van der Waals surface area (Å²) in [7, 11) is 0. The van der Waals surface area contributed by atoms with Crippen LogP contribution in [0.2, 0.25) is 0 Å². The van der Waals surface area contributed by atoms with Gasteiger partial charge in [-0.05, 0) is 24.1 Å². The molecule has 0 spiro atoms. The molecule has 1 aliphatic rings. The van der Waals surface area contributed by atoms with E-state index in [0.717, 1.165) is 11.1 Å². The maximum absolute atomic E-state index is 12.5. The first-order valence-electron chi connectivity index (χ1n) is 9.37. The smallest absolute Gasteiger partial charge is 0.480 e. The van der Waals surface area contributed by atoms with Gasteiger partial charge in [-0.1, -0.05) is 0 Å². The van der Waals surface area contributed by atoms with E-state index >= 15 is 0 Å². The van der Waals surface area contributed by atoms with Gasteiger partial charge in [-0.25, -0.2) is 4.79 Å². The Labute approximate surface area is 181 Å². The molecule has 32 heavy (non-hydrogen) atoms. The largest absolute Gasteiger partial charge is 0.490 e. The SMILES string of the molecule is CC(=O)N(CC(=O)O)CC1CN(C(=O)Cc2cnccc2C)CCO1.O=C(O)C(F)(F)F. The number of amides is 2. The second-order valence-electron chi connectivity index (χ2n) is 6.91. The van der Waals surface area contributed by atoms with Gasteiger partial charge in [0, 0.05) is 39.0 Å². The first-order chi connectivity index (χ1) is 14.8. The number of hydrogen-bond donors (Lipinski definition) is 2. The summed E-state index contributed by atoms with van der Waals surface area (Å²) >= 11 is 0. The Hall–Kier alpha value is -3.22.